The Morgan fingerprint density at radius 1 is 1.13 bits per heavy atom. The van der Waals surface area contributed by atoms with E-state index in [1.54, 1.807) is 12.1 Å². The molecule has 6 heteroatoms. The summed E-state index contributed by atoms with van der Waals surface area (Å²) in [5, 5.41) is 2.83. The smallest absolute Gasteiger partial charge is 0.307 e. The Labute approximate surface area is 134 Å². The predicted octanol–water partition coefficient (Wildman–Crippen LogP) is 2.12. The minimum atomic E-state index is -0.474. The Bertz CT molecular complexity index is 656. The molecule has 0 aliphatic rings. The van der Waals surface area contributed by atoms with E-state index in [-0.39, 0.29) is 12.3 Å². The predicted molar refractivity (Wildman–Crippen MR) is 84.1 cm³/mol. The van der Waals surface area contributed by atoms with Gasteiger partial charge in [0.2, 0.25) is 5.88 Å². The van der Waals surface area contributed by atoms with E-state index in [0.717, 1.165) is 5.56 Å². The van der Waals surface area contributed by atoms with Crippen molar-refractivity contribution in [3.63, 3.8) is 0 Å². The molecule has 2 rings (SSSR count). The Balaban J connectivity index is 2.15. The Kier molecular flexibility index (Phi) is 5.68. The van der Waals surface area contributed by atoms with Gasteiger partial charge in [0.25, 0.3) is 5.91 Å². The van der Waals surface area contributed by atoms with Crippen LogP contribution in [0.2, 0.25) is 0 Å². The van der Waals surface area contributed by atoms with Gasteiger partial charge in [0.1, 0.15) is 0 Å². The van der Waals surface area contributed by atoms with Gasteiger partial charge in [-0.1, -0.05) is 30.3 Å². The van der Waals surface area contributed by atoms with Gasteiger partial charge in [-0.05, 0) is 11.6 Å². The van der Waals surface area contributed by atoms with E-state index in [1.165, 1.54) is 20.4 Å². The van der Waals surface area contributed by atoms with Crippen molar-refractivity contribution in [2.24, 2.45) is 0 Å². The van der Waals surface area contributed by atoms with Crippen molar-refractivity contribution in [2.45, 2.75) is 12.5 Å². The highest BCUT2D eigenvalue weighted by atomic mass is 16.5. The van der Waals surface area contributed by atoms with Gasteiger partial charge < -0.3 is 14.8 Å². The highest BCUT2D eigenvalue weighted by Gasteiger charge is 2.19. The second kappa shape index (κ2) is 7.93. The molecular formula is C17H18N2O4. The average Bonchev–Trinajstić information content (AvgIpc) is 2.61. The van der Waals surface area contributed by atoms with Crippen molar-refractivity contribution in [3.05, 3.63) is 59.8 Å². The second-order valence-electron chi connectivity index (χ2n) is 4.81. The molecule has 1 aromatic carbocycles. The minimum absolute atomic E-state index is 0.0514. The lowest BCUT2D eigenvalue weighted by Crippen LogP contribution is -2.30. The van der Waals surface area contributed by atoms with Crippen LogP contribution in [0.25, 0.3) is 0 Å². The summed E-state index contributed by atoms with van der Waals surface area (Å²) in [5.41, 5.74) is 1.21. The lowest BCUT2D eigenvalue weighted by Gasteiger charge is -2.18. The first-order valence-corrected chi connectivity index (χ1v) is 7.06. The molecule has 0 aliphatic heterocycles. The number of methoxy groups -OCH3 is 2. The molecule has 0 bridgehead atoms. The van der Waals surface area contributed by atoms with E-state index in [4.69, 9.17) is 9.47 Å². The molecule has 0 aliphatic carbocycles. The maximum atomic E-state index is 12.4. The minimum Gasteiger partial charge on any atom is -0.481 e. The number of esters is 1. The molecular weight excluding hydrogens is 296 g/mol. The molecule has 0 saturated carbocycles. The molecule has 0 unspecified atom stereocenters. The molecule has 1 N–H and O–H groups in total. The van der Waals surface area contributed by atoms with Crippen LogP contribution in [0.1, 0.15) is 28.4 Å². The van der Waals surface area contributed by atoms with Gasteiger partial charge in [0, 0.05) is 12.3 Å². The van der Waals surface area contributed by atoms with Crippen molar-refractivity contribution in [1.82, 2.24) is 10.3 Å². The van der Waals surface area contributed by atoms with E-state index in [1.807, 2.05) is 30.3 Å². The SMILES string of the molecule is COC(=O)C[C@@H](NC(=O)c1ccc(OC)nc1)c1ccccc1. The third-order valence-electron chi connectivity index (χ3n) is 3.31. The molecule has 1 amide bonds. The number of benzene rings is 1. The number of amides is 1. The highest BCUT2D eigenvalue weighted by Crippen LogP contribution is 2.18. The second-order valence-corrected chi connectivity index (χ2v) is 4.81. The van der Waals surface area contributed by atoms with Crippen molar-refractivity contribution < 1.29 is 19.1 Å². The van der Waals surface area contributed by atoms with Gasteiger partial charge in [0.15, 0.2) is 0 Å². The van der Waals surface area contributed by atoms with Crippen molar-refractivity contribution in [3.8, 4) is 5.88 Å². The lowest BCUT2D eigenvalue weighted by atomic mass is 10.0. The fraction of sp³-hybridized carbons (Fsp3) is 0.235. The number of carbonyl (C=O) groups is 2. The van der Waals surface area contributed by atoms with Gasteiger partial charge in [0.05, 0.1) is 32.2 Å². The van der Waals surface area contributed by atoms with Crippen LogP contribution >= 0.6 is 0 Å². The van der Waals surface area contributed by atoms with Gasteiger partial charge >= 0.3 is 5.97 Å². The summed E-state index contributed by atoms with van der Waals surface area (Å²) in [5.74, 6) is -0.291. The van der Waals surface area contributed by atoms with Crippen LogP contribution in [0, 0.1) is 0 Å². The summed E-state index contributed by atoms with van der Waals surface area (Å²) in [6.07, 6.45) is 1.48. The van der Waals surface area contributed by atoms with E-state index in [2.05, 4.69) is 10.3 Å². The van der Waals surface area contributed by atoms with Gasteiger partial charge in [-0.3, -0.25) is 9.59 Å². The van der Waals surface area contributed by atoms with Crippen LogP contribution in [0.5, 0.6) is 5.88 Å². The molecule has 1 aromatic heterocycles. The highest BCUT2D eigenvalue weighted by molar-refractivity contribution is 5.94. The summed E-state index contributed by atoms with van der Waals surface area (Å²) < 4.78 is 9.66. The fourth-order valence-electron chi connectivity index (χ4n) is 2.06. The quantitative estimate of drug-likeness (QED) is 0.826. The number of pyridine rings is 1. The van der Waals surface area contributed by atoms with Crippen molar-refractivity contribution in [1.29, 1.82) is 0 Å². The average molecular weight is 314 g/mol. The Hall–Kier alpha value is -2.89. The number of aromatic nitrogens is 1. The molecule has 23 heavy (non-hydrogen) atoms. The molecule has 0 spiro atoms. The molecule has 1 heterocycles. The topological polar surface area (TPSA) is 77.5 Å². The zero-order chi connectivity index (χ0) is 16.7. The first-order chi connectivity index (χ1) is 11.1. The van der Waals surface area contributed by atoms with Gasteiger partial charge in [-0.15, -0.1) is 0 Å². The third-order valence-corrected chi connectivity index (χ3v) is 3.31. The summed E-state index contributed by atoms with van der Waals surface area (Å²) in [7, 11) is 2.82. The van der Waals surface area contributed by atoms with Gasteiger partial charge in [-0.2, -0.15) is 0 Å². The standard InChI is InChI=1S/C17H18N2O4/c1-22-15-9-8-13(11-18-15)17(21)19-14(10-16(20)23-2)12-6-4-3-5-7-12/h3-9,11,14H,10H2,1-2H3,(H,19,21)/t14-/m1/s1. The summed E-state index contributed by atoms with van der Waals surface area (Å²) in [6, 6.07) is 12.0. The number of carbonyl (C=O) groups excluding carboxylic acids is 2. The van der Waals surface area contributed by atoms with Crippen LogP contribution in [0.4, 0.5) is 0 Å². The first-order valence-electron chi connectivity index (χ1n) is 7.06. The summed E-state index contributed by atoms with van der Waals surface area (Å²) in [4.78, 5) is 27.9. The number of hydrogen-bond acceptors (Lipinski definition) is 5. The van der Waals surface area contributed by atoms with Crippen molar-refractivity contribution in [2.75, 3.05) is 14.2 Å². The van der Waals surface area contributed by atoms with Crippen molar-refractivity contribution >= 4 is 11.9 Å². The number of hydrogen-bond donors (Lipinski definition) is 1. The van der Waals surface area contributed by atoms with Crippen LogP contribution in [-0.4, -0.2) is 31.1 Å². The van der Waals surface area contributed by atoms with E-state index in [9.17, 15) is 9.59 Å². The molecule has 120 valence electrons. The molecule has 0 radical (unpaired) electrons. The van der Waals surface area contributed by atoms with Crippen LogP contribution in [0.15, 0.2) is 48.7 Å². The summed E-state index contributed by atoms with van der Waals surface area (Å²) in [6.45, 7) is 0. The number of nitrogens with zero attached hydrogens (tertiary/aromatic N) is 1. The van der Waals surface area contributed by atoms with Crippen LogP contribution in [0.3, 0.4) is 0 Å². The fourth-order valence-corrected chi connectivity index (χ4v) is 2.06. The normalized spacial score (nSPS) is 11.4. The van der Waals surface area contributed by atoms with Crippen LogP contribution < -0.4 is 10.1 Å². The lowest BCUT2D eigenvalue weighted by molar-refractivity contribution is -0.141. The zero-order valence-electron chi connectivity index (χ0n) is 13.0. The largest absolute Gasteiger partial charge is 0.481 e. The Morgan fingerprint density at radius 3 is 2.43 bits per heavy atom. The Morgan fingerprint density at radius 2 is 1.87 bits per heavy atom. The number of nitrogens with one attached hydrogen (secondary N) is 1. The molecule has 2 aromatic rings. The van der Waals surface area contributed by atoms with Gasteiger partial charge in [-0.25, -0.2) is 4.98 Å². The maximum Gasteiger partial charge on any atom is 0.307 e. The first kappa shape index (κ1) is 16.5. The third kappa shape index (κ3) is 4.54. The molecule has 1 atom stereocenters. The maximum absolute atomic E-state index is 12.4. The van der Waals surface area contributed by atoms with E-state index < -0.39 is 12.0 Å². The monoisotopic (exact) mass is 314 g/mol. The zero-order valence-corrected chi connectivity index (χ0v) is 13.0. The van der Waals surface area contributed by atoms with E-state index in [0.29, 0.717) is 11.4 Å². The summed E-state index contributed by atoms with van der Waals surface area (Å²) >= 11 is 0. The molecule has 0 saturated heterocycles. The number of rotatable bonds is 6. The molecule has 6 nitrogen and oxygen atoms in total. The van der Waals surface area contributed by atoms with Crippen LogP contribution in [-0.2, 0) is 9.53 Å². The van der Waals surface area contributed by atoms with E-state index >= 15 is 0 Å². The molecule has 0 fully saturated rings. The number of ether oxygens (including phenoxy) is 2.